The van der Waals surface area contributed by atoms with Crippen LogP contribution in [0.1, 0.15) is 21.7 Å². The maximum Gasteiger partial charge on any atom is 0.270 e. The lowest BCUT2D eigenvalue weighted by molar-refractivity contribution is -0.140. The van der Waals surface area contributed by atoms with Crippen LogP contribution in [-0.4, -0.2) is 65.4 Å². The highest BCUT2D eigenvalue weighted by Crippen LogP contribution is 2.32. The number of aryl methyl sites for hydroxylation is 1. The van der Waals surface area contributed by atoms with Crippen LogP contribution in [0.4, 0.5) is 5.69 Å². The number of carbonyl (C=O) groups is 2. The largest absolute Gasteiger partial charge is 0.489 e. The highest BCUT2D eigenvalue weighted by Gasteiger charge is 2.34. The van der Waals surface area contributed by atoms with E-state index in [-0.39, 0.29) is 31.4 Å². The monoisotopic (exact) mass is 500 g/mol. The maximum absolute atomic E-state index is 13.2. The van der Waals surface area contributed by atoms with Crippen LogP contribution in [0, 0.1) is 18.8 Å². The van der Waals surface area contributed by atoms with E-state index in [1.807, 2.05) is 6.92 Å². The van der Waals surface area contributed by atoms with E-state index in [0.717, 1.165) is 0 Å². The van der Waals surface area contributed by atoms with E-state index in [0.29, 0.717) is 34.2 Å². The van der Waals surface area contributed by atoms with Crippen molar-refractivity contribution in [2.24, 2.45) is 0 Å². The molecule has 0 radical (unpaired) electrons. The Bertz CT molecular complexity index is 1430. The molecule has 37 heavy (non-hydrogen) atoms. The van der Waals surface area contributed by atoms with E-state index in [1.165, 1.54) is 17.2 Å². The van der Waals surface area contributed by atoms with Crippen LogP contribution in [-0.2, 0) is 9.53 Å². The van der Waals surface area contributed by atoms with Gasteiger partial charge in [-0.05, 0) is 43.3 Å². The van der Waals surface area contributed by atoms with Crippen molar-refractivity contribution < 1.29 is 28.9 Å². The fourth-order valence-electron chi connectivity index (χ4n) is 3.77. The fraction of sp³-hybridized carbons (Fsp3) is 0.259. The van der Waals surface area contributed by atoms with Gasteiger partial charge in [0.05, 0.1) is 24.6 Å². The van der Waals surface area contributed by atoms with Crippen molar-refractivity contribution in [3.63, 3.8) is 0 Å². The first-order chi connectivity index (χ1) is 17.8. The van der Waals surface area contributed by atoms with Crippen molar-refractivity contribution in [3.05, 3.63) is 71.8 Å². The van der Waals surface area contributed by atoms with E-state index >= 15 is 0 Å². The van der Waals surface area contributed by atoms with Crippen LogP contribution < -0.4 is 19.7 Å². The minimum Gasteiger partial charge on any atom is -0.489 e. The molecule has 4 heterocycles. The third kappa shape index (κ3) is 5.23. The van der Waals surface area contributed by atoms with Crippen LogP contribution in [0.2, 0.25) is 0 Å². The molecule has 2 amide bonds. The van der Waals surface area contributed by atoms with Crippen LogP contribution in [0.15, 0.2) is 54.9 Å². The number of ether oxygens (including phenoxy) is 3. The smallest absolute Gasteiger partial charge is 0.270 e. The molecule has 0 unspecified atom stereocenters. The zero-order valence-electron chi connectivity index (χ0n) is 20.2. The molecule has 2 aromatic heterocycles. The maximum atomic E-state index is 13.2. The Morgan fingerprint density at radius 1 is 1.22 bits per heavy atom. The number of rotatable bonds is 4. The number of anilines is 1. The average molecular weight is 501 g/mol. The fourth-order valence-corrected chi connectivity index (χ4v) is 3.77. The van der Waals surface area contributed by atoms with E-state index in [9.17, 15) is 14.7 Å². The van der Waals surface area contributed by atoms with Gasteiger partial charge in [-0.1, -0.05) is 11.8 Å². The summed E-state index contributed by atoms with van der Waals surface area (Å²) in [6.45, 7) is 2.09. The van der Waals surface area contributed by atoms with Crippen molar-refractivity contribution in [1.29, 1.82) is 0 Å². The number of aromatic nitrogens is 2. The molecule has 10 heteroatoms. The van der Waals surface area contributed by atoms with Gasteiger partial charge in [0.25, 0.3) is 11.8 Å². The second-order valence-electron chi connectivity index (χ2n) is 8.76. The van der Waals surface area contributed by atoms with Crippen LogP contribution in [0.25, 0.3) is 0 Å². The summed E-state index contributed by atoms with van der Waals surface area (Å²) < 4.78 is 16.7. The van der Waals surface area contributed by atoms with Gasteiger partial charge in [0, 0.05) is 31.1 Å². The first kappa shape index (κ1) is 24.2. The normalized spacial score (nSPS) is 17.8. The highest BCUT2D eigenvalue weighted by molar-refractivity contribution is 6.03. The summed E-state index contributed by atoms with van der Waals surface area (Å²) in [6, 6.07) is 10.9. The summed E-state index contributed by atoms with van der Waals surface area (Å²) in [7, 11) is 1.60. The number of aliphatic hydroxyl groups is 1. The topological polar surface area (TPSA) is 123 Å². The van der Waals surface area contributed by atoms with Gasteiger partial charge in [-0.3, -0.25) is 19.6 Å². The van der Waals surface area contributed by atoms with Gasteiger partial charge in [0.15, 0.2) is 5.60 Å². The molecule has 1 fully saturated rings. The number of hydrogen-bond donors (Lipinski definition) is 2. The Hall–Kier alpha value is -4.46. The van der Waals surface area contributed by atoms with Crippen LogP contribution in [0.3, 0.4) is 0 Å². The van der Waals surface area contributed by atoms with Crippen molar-refractivity contribution in [3.8, 4) is 29.1 Å². The lowest BCUT2D eigenvalue weighted by atomic mass is 10.0. The number of amides is 2. The molecule has 3 aromatic rings. The molecular weight excluding hydrogens is 476 g/mol. The molecule has 10 nitrogen and oxygen atoms in total. The van der Waals surface area contributed by atoms with Gasteiger partial charge >= 0.3 is 0 Å². The first-order valence-corrected chi connectivity index (χ1v) is 11.6. The molecule has 0 bridgehead atoms. The highest BCUT2D eigenvalue weighted by atomic mass is 16.5. The summed E-state index contributed by atoms with van der Waals surface area (Å²) in [4.78, 5) is 35.9. The number of nitrogens with one attached hydrogen (secondary N) is 1. The molecule has 2 aliphatic rings. The van der Waals surface area contributed by atoms with E-state index < -0.39 is 17.6 Å². The summed E-state index contributed by atoms with van der Waals surface area (Å²) in [6.07, 6.45) is 3.12. The number of fused-ring (bicyclic) bond motifs is 1. The zero-order valence-corrected chi connectivity index (χ0v) is 20.2. The van der Waals surface area contributed by atoms with Crippen molar-refractivity contribution >= 4 is 17.5 Å². The van der Waals surface area contributed by atoms with Gasteiger partial charge < -0.3 is 29.5 Å². The average Bonchev–Trinajstić information content (AvgIpc) is 3.00. The quantitative estimate of drug-likeness (QED) is 0.521. The minimum atomic E-state index is -1.15. The molecule has 1 aromatic carbocycles. The summed E-state index contributed by atoms with van der Waals surface area (Å²) in [5, 5.41) is 12.8. The Kier molecular flexibility index (Phi) is 6.48. The Morgan fingerprint density at radius 2 is 2.05 bits per heavy atom. The minimum absolute atomic E-state index is 0.0604. The summed E-state index contributed by atoms with van der Waals surface area (Å²) in [5.41, 5.74) is 0.761. The molecule has 0 spiro atoms. The van der Waals surface area contributed by atoms with E-state index in [4.69, 9.17) is 14.2 Å². The summed E-state index contributed by atoms with van der Waals surface area (Å²) >= 11 is 0. The van der Waals surface area contributed by atoms with E-state index in [1.54, 1.807) is 49.6 Å². The Morgan fingerprint density at radius 3 is 2.81 bits per heavy atom. The number of benzene rings is 1. The van der Waals surface area contributed by atoms with E-state index in [2.05, 4.69) is 27.1 Å². The molecular formula is C27H24N4O6. The predicted octanol–water partition coefficient (Wildman–Crippen LogP) is 1.84. The molecule has 5 rings (SSSR count). The van der Waals surface area contributed by atoms with Crippen molar-refractivity contribution in [2.75, 3.05) is 31.8 Å². The molecule has 0 saturated carbocycles. The zero-order chi connectivity index (χ0) is 26.0. The standard InChI is InChI=1S/C27H24N4O6/c1-17-23(4-3-10-28-17)37-19-8-11-29-20(13-19)25(32)30-21-14-36-24-6-5-18(7-9-27(34)15-35-16-27)12-22(24)31(2)26(21)33/h3-6,8,10-13,21,34H,14-16H2,1-2H3,(H,30,32)/t21-/m0/s1. The third-order valence-electron chi connectivity index (χ3n) is 5.93. The van der Waals surface area contributed by atoms with Gasteiger partial charge in [-0.25, -0.2) is 0 Å². The van der Waals surface area contributed by atoms with Crippen LogP contribution in [0.5, 0.6) is 17.2 Å². The SMILES string of the molecule is Cc1ncccc1Oc1ccnc(C(=O)N[C@H]2COc3ccc(C#CC4(O)COC4)cc3N(C)C2=O)c1. The third-order valence-corrected chi connectivity index (χ3v) is 5.93. The molecule has 2 N–H and O–H groups in total. The van der Waals surface area contributed by atoms with Gasteiger partial charge in [-0.15, -0.1) is 0 Å². The van der Waals surface area contributed by atoms with Crippen molar-refractivity contribution in [1.82, 2.24) is 15.3 Å². The number of hydrogen-bond acceptors (Lipinski definition) is 8. The Balaban J connectivity index is 1.29. The van der Waals surface area contributed by atoms with Crippen molar-refractivity contribution in [2.45, 2.75) is 18.6 Å². The lowest BCUT2D eigenvalue weighted by Gasteiger charge is -2.30. The second kappa shape index (κ2) is 9.89. The number of nitrogens with zero attached hydrogens (tertiary/aromatic N) is 3. The first-order valence-electron chi connectivity index (χ1n) is 11.6. The van der Waals surface area contributed by atoms with Crippen LogP contribution >= 0.6 is 0 Å². The van der Waals surface area contributed by atoms with Gasteiger partial charge in [0.2, 0.25) is 0 Å². The lowest BCUT2D eigenvalue weighted by Crippen LogP contribution is -2.49. The van der Waals surface area contributed by atoms with Gasteiger partial charge in [0.1, 0.15) is 35.6 Å². The van der Waals surface area contributed by atoms with Gasteiger partial charge in [-0.2, -0.15) is 0 Å². The number of likely N-dealkylation sites (N-methyl/N-ethyl adjacent to an activating group) is 1. The predicted molar refractivity (Wildman–Crippen MR) is 133 cm³/mol. The molecule has 1 saturated heterocycles. The number of carbonyl (C=O) groups excluding carboxylic acids is 2. The Labute approximate surface area is 213 Å². The molecule has 188 valence electrons. The molecule has 2 aliphatic heterocycles. The second-order valence-corrected chi connectivity index (χ2v) is 8.76. The summed E-state index contributed by atoms with van der Waals surface area (Å²) in [5.74, 6) is 6.26. The number of pyridine rings is 2. The molecule has 1 atom stereocenters. The molecule has 0 aliphatic carbocycles.